The normalized spacial score (nSPS) is 24.3. The quantitative estimate of drug-likeness (QED) is 0.706. The maximum Gasteiger partial charge on any atom is 0.220 e. The first-order valence-electron chi connectivity index (χ1n) is 7.85. The lowest BCUT2D eigenvalue weighted by Gasteiger charge is -2.31. The Bertz CT molecular complexity index is 534. The zero-order chi connectivity index (χ0) is 16.8. The molecular formula is C17H25NO5. The van der Waals surface area contributed by atoms with E-state index in [9.17, 15) is 15.0 Å². The fourth-order valence-electron chi connectivity index (χ4n) is 2.64. The molecule has 6 nitrogen and oxygen atoms in total. The number of aliphatic hydroxyl groups excluding tert-OH is 2. The molecule has 3 N–H and O–H groups in total. The zero-order valence-electron chi connectivity index (χ0n) is 13.6. The van der Waals surface area contributed by atoms with Crippen molar-refractivity contribution in [2.24, 2.45) is 5.92 Å². The van der Waals surface area contributed by atoms with E-state index < -0.39 is 12.2 Å². The molecule has 0 aromatic heterocycles. The van der Waals surface area contributed by atoms with E-state index in [1.165, 1.54) is 0 Å². The Morgan fingerprint density at radius 3 is 2.91 bits per heavy atom. The van der Waals surface area contributed by atoms with E-state index in [1.54, 1.807) is 7.11 Å². The first-order valence-corrected chi connectivity index (χ1v) is 7.85. The second-order valence-corrected chi connectivity index (χ2v) is 5.96. The van der Waals surface area contributed by atoms with E-state index in [2.05, 4.69) is 5.32 Å². The van der Waals surface area contributed by atoms with Crippen LogP contribution in [0.2, 0.25) is 0 Å². The van der Waals surface area contributed by atoms with Crippen molar-refractivity contribution in [3.63, 3.8) is 0 Å². The molecule has 1 saturated heterocycles. The second-order valence-electron chi connectivity index (χ2n) is 5.96. The van der Waals surface area contributed by atoms with Gasteiger partial charge in [0.25, 0.3) is 0 Å². The molecule has 6 heteroatoms. The van der Waals surface area contributed by atoms with Crippen molar-refractivity contribution >= 4 is 5.91 Å². The molecule has 0 saturated carbocycles. The average molecular weight is 323 g/mol. The maximum absolute atomic E-state index is 11.9. The Morgan fingerprint density at radius 1 is 1.39 bits per heavy atom. The van der Waals surface area contributed by atoms with Crippen molar-refractivity contribution in [3.05, 3.63) is 29.3 Å². The number of methoxy groups -OCH3 is 1. The van der Waals surface area contributed by atoms with E-state index in [0.29, 0.717) is 26.0 Å². The number of carbonyl (C=O) groups excluding carboxylic acids is 1. The van der Waals surface area contributed by atoms with E-state index in [1.807, 2.05) is 25.1 Å². The fraction of sp³-hybridized carbons (Fsp3) is 0.588. The summed E-state index contributed by atoms with van der Waals surface area (Å²) in [4.78, 5) is 11.9. The van der Waals surface area contributed by atoms with Gasteiger partial charge in [-0.25, -0.2) is 0 Å². The summed E-state index contributed by atoms with van der Waals surface area (Å²) in [6, 6.07) is 5.90. The molecule has 0 spiro atoms. The molecule has 1 aliphatic heterocycles. The van der Waals surface area contributed by atoms with Crippen molar-refractivity contribution in [1.29, 1.82) is 0 Å². The number of aliphatic hydroxyl groups is 2. The Kier molecular flexibility index (Phi) is 6.38. The van der Waals surface area contributed by atoms with E-state index in [-0.39, 0.29) is 18.4 Å². The highest BCUT2D eigenvalue weighted by atomic mass is 16.5. The van der Waals surface area contributed by atoms with Gasteiger partial charge < -0.3 is 25.0 Å². The summed E-state index contributed by atoms with van der Waals surface area (Å²) in [5.41, 5.74) is 2.10. The number of rotatable bonds is 6. The standard InChI is InChI=1S/C17H25NO5/c1-11-3-4-12(7-15(11)22-2)5-6-16(20)18-8-13-9-23-10-14(19)17(13)21/h3-4,7,13-14,17,19,21H,5-6,8-10H2,1-2H3,(H,18,20)/t13-,14-,17+/m1/s1. The lowest BCUT2D eigenvalue weighted by atomic mass is 9.96. The van der Waals surface area contributed by atoms with Gasteiger partial charge in [-0.3, -0.25) is 4.79 Å². The first kappa shape index (κ1) is 17.7. The van der Waals surface area contributed by atoms with Gasteiger partial charge in [0.15, 0.2) is 0 Å². The number of benzene rings is 1. The van der Waals surface area contributed by atoms with Crippen LogP contribution in [0.1, 0.15) is 17.5 Å². The lowest BCUT2D eigenvalue weighted by Crippen LogP contribution is -2.48. The van der Waals surface area contributed by atoms with Gasteiger partial charge in [-0.05, 0) is 30.5 Å². The lowest BCUT2D eigenvalue weighted by molar-refractivity contribution is -0.128. The molecule has 128 valence electrons. The number of aryl methyl sites for hydroxylation is 2. The molecule has 0 radical (unpaired) electrons. The Labute approximate surface area is 136 Å². The van der Waals surface area contributed by atoms with Gasteiger partial charge in [-0.2, -0.15) is 0 Å². The van der Waals surface area contributed by atoms with Crippen LogP contribution in [0.15, 0.2) is 18.2 Å². The first-order chi connectivity index (χ1) is 11.0. The summed E-state index contributed by atoms with van der Waals surface area (Å²) in [6.45, 7) is 2.75. The summed E-state index contributed by atoms with van der Waals surface area (Å²) in [5, 5.41) is 22.2. The van der Waals surface area contributed by atoms with Crippen LogP contribution in [0.4, 0.5) is 0 Å². The summed E-state index contributed by atoms with van der Waals surface area (Å²) in [7, 11) is 1.63. The highest BCUT2D eigenvalue weighted by Crippen LogP contribution is 2.20. The molecule has 2 rings (SSSR count). The summed E-state index contributed by atoms with van der Waals surface area (Å²) < 4.78 is 10.5. The second kappa shape index (κ2) is 8.29. The van der Waals surface area contributed by atoms with Crippen LogP contribution in [0.3, 0.4) is 0 Å². The molecule has 0 aliphatic carbocycles. The van der Waals surface area contributed by atoms with Gasteiger partial charge >= 0.3 is 0 Å². The van der Waals surface area contributed by atoms with E-state index in [0.717, 1.165) is 16.9 Å². The smallest absolute Gasteiger partial charge is 0.220 e. The highest BCUT2D eigenvalue weighted by Gasteiger charge is 2.31. The molecule has 1 aliphatic rings. The van der Waals surface area contributed by atoms with Crippen molar-refractivity contribution in [1.82, 2.24) is 5.32 Å². The van der Waals surface area contributed by atoms with Crippen molar-refractivity contribution < 1.29 is 24.5 Å². The number of carbonyl (C=O) groups is 1. The number of ether oxygens (including phenoxy) is 2. The molecule has 1 aromatic rings. The van der Waals surface area contributed by atoms with Crippen molar-refractivity contribution in [3.8, 4) is 5.75 Å². The highest BCUT2D eigenvalue weighted by molar-refractivity contribution is 5.76. The predicted octanol–water partition coefficient (Wildman–Crippen LogP) is 0.421. The fourth-order valence-corrected chi connectivity index (χ4v) is 2.64. The predicted molar refractivity (Wildman–Crippen MR) is 85.4 cm³/mol. The van der Waals surface area contributed by atoms with Gasteiger partial charge in [0, 0.05) is 18.9 Å². The zero-order valence-corrected chi connectivity index (χ0v) is 13.6. The summed E-state index contributed by atoms with van der Waals surface area (Å²) >= 11 is 0. The van der Waals surface area contributed by atoms with Gasteiger partial charge in [-0.1, -0.05) is 12.1 Å². The Morgan fingerprint density at radius 2 is 2.17 bits per heavy atom. The van der Waals surface area contributed by atoms with Gasteiger partial charge in [0.1, 0.15) is 11.9 Å². The van der Waals surface area contributed by atoms with Crippen LogP contribution < -0.4 is 10.1 Å². The van der Waals surface area contributed by atoms with Crippen LogP contribution in [0, 0.1) is 12.8 Å². The van der Waals surface area contributed by atoms with Crippen LogP contribution >= 0.6 is 0 Å². The molecular weight excluding hydrogens is 298 g/mol. The number of nitrogens with one attached hydrogen (secondary N) is 1. The van der Waals surface area contributed by atoms with Gasteiger partial charge in [-0.15, -0.1) is 0 Å². The average Bonchev–Trinajstić information content (AvgIpc) is 2.55. The summed E-state index contributed by atoms with van der Waals surface area (Å²) in [5.74, 6) is 0.457. The molecule has 1 fully saturated rings. The molecule has 3 atom stereocenters. The molecule has 1 amide bonds. The van der Waals surface area contributed by atoms with E-state index >= 15 is 0 Å². The molecule has 1 heterocycles. The SMILES string of the molecule is COc1cc(CCC(=O)NC[C@@H]2COC[C@@H](O)[C@H]2O)ccc1C. The van der Waals surface area contributed by atoms with Gasteiger partial charge in [0.2, 0.25) is 5.91 Å². The number of hydrogen-bond donors (Lipinski definition) is 3. The maximum atomic E-state index is 11.9. The largest absolute Gasteiger partial charge is 0.496 e. The third-order valence-corrected chi connectivity index (χ3v) is 4.17. The Balaban J connectivity index is 1.77. The minimum absolute atomic E-state index is 0.0863. The summed E-state index contributed by atoms with van der Waals surface area (Å²) in [6.07, 6.45) is -0.760. The third kappa shape index (κ3) is 4.92. The third-order valence-electron chi connectivity index (χ3n) is 4.17. The van der Waals surface area contributed by atoms with Crippen molar-refractivity contribution in [2.75, 3.05) is 26.9 Å². The minimum Gasteiger partial charge on any atom is -0.496 e. The van der Waals surface area contributed by atoms with Crippen LogP contribution in [0.5, 0.6) is 5.75 Å². The van der Waals surface area contributed by atoms with Crippen molar-refractivity contribution in [2.45, 2.75) is 32.0 Å². The van der Waals surface area contributed by atoms with Crippen LogP contribution in [-0.4, -0.2) is 55.2 Å². The molecule has 0 bridgehead atoms. The topological polar surface area (TPSA) is 88.0 Å². The van der Waals surface area contributed by atoms with Crippen LogP contribution in [0.25, 0.3) is 0 Å². The molecule has 1 aromatic carbocycles. The number of hydrogen-bond acceptors (Lipinski definition) is 5. The van der Waals surface area contributed by atoms with Gasteiger partial charge in [0.05, 0.1) is 26.4 Å². The van der Waals surface area contributed by atoms with E-state index in [4.69, 9.17) is 9.47 Å². The number of amides is 1. The monoisotopic (exact) mass is 323 g/mol. The Hall–Kier alpha value is -1.63. The molecule has 0 unspecified atom stereocenters. The molecule has 23 heavy (non-hydrogen) atoms. The minimum atomic E-state index is -0.884. The van der Waals surface area contributed by atoms with Crippen LogP contribution in [-0.2, 0) is 16.0 Å².